The minimum Gasteiger partial charge on any atom is -0.366 e. The molecule has 3 N–H and O–H groups in total. The average molecular weight is 249 g/mol. The topological polar surface area (TPSA) is 58.4 Å². The predicted molar refractivity (Wildman–Crippen MR) is 74.6 cm³/mol. The van der Waals surface area contributed by atoms with Crippen molar-refractivity contribution in [2.45, 2.75) is 19.9 Å². The van der Waals surface area contributed by atoms with Crippen LogP contribution in [0.1, 0.15) is 27.9 Å². The molecule has 4 nitrogen and oxygen atoms in total. The Morgan fingerprint density at radius 2 is 2.17 bits per heavy atom. The Balaban J connectivity index is 2.59. The maximum Gasteiger partial charge on any atom is 0.248 e. The highest BCUT2D eigenvalue weighted by atomic mass is 16.1. The smallest absolute Gasteiger partial charge is 0.248 e. The van der Waals surface area contributed by atoms with Crippen LogP contribution in [0.5, 0.6) is 0 Å². The third kappa shape index (κ3) is 4.47. The van der Waals surface area contributed by atoms with Gasteiger partial charge >= 0.3 is 0 Å². The normalized spacial score (nSPS) is 10.9. The molecule has 0 heterocycles. The van der Waals surface area contributed by atoms with E-state index >= 15 is 0 Å². The van der Waals surface area contributed by atoms with Crippen LogP contribution in [0.2, 0.25) is 0 Å². The van der Waals surface area contributed by atoms with Crippen LogP contribution in [0.3, 0.4) is 0 Å². The number of primary amides is 1. The molecule has 0 bridgehead atoms. The van der Waals surface area contributed by atoms with E-state index in [4.69, 9.17) is 5.73 Å². The van der Waals surface area contributed by atoms with E-state index in [-0.39, 0.29) is 5.91 Å². The number of nitrogens with two attached hydrogens (primary N) is 1. The number of hydrogen-bond donors (Lipinski definition) is 2. The summed E-state index contributed by atoms with van der Waals surface area (Å²) in [6.07, 6.45) is 1.13. The Hall–Kier alpha value is -1.39. The van der Waals surface area contributed by atoms with Gasteiger partial charge in [-0.3, -0.25) is 4.79 Å². The van der Waals surface area contributed by atoms with Gasteiger partial charge in [-0.1, -0.05) is 6.07 Å². The van der Waals surface area contributed by atoms with Gasteiger partial charge in [-0.25, -0.2) is 0 Å². The van der Waals surface area contributed by atoms with Gasteiger partial charge in [0.25, 0.3) is 0 Å². The van der Waals surface area contributed by atoms with Gasteiger partial charge < -0.3 is 16.0 Å². The molecule has 100 valence electrons. The number of aryl methyl sites for hydroxylation is 1. The van der Waals surface area contributed by atoms with Crippen LogP contribution < -0.4 is 11.1 Å². The van der Waals surface area contributed by atoms with Gasteiger partial charge in [-0.15, -0.1) is 0 Å². The maximum atomic E-state index is 11.1. The zero-order valence-corrected chi connectivity index (χ0v) is 11.5. The number of hydrogen-bond acceptors (Lipinski definition) is 3. The van der Waals surface area contributed by atoms with Crippen LogP contribution >= 0.6 is 0 Å². The Kier molecular flexibility index (Phi) is 5.82. The summed E-state index contributed by atoms with van der Waals surface area (Å²) in [6, 6.07) is 5.65. The Bertz CT molecular complexity index is 404. The zero-order valence-electron chi connectivity index (χ0n) is 11.5. The van der Waals surface area contributed by atoms with Crippen molar-refractivity contribution in [3.05, 3.63) is 34.9 Å². The summed E-state index contributed by atoms with van der Waals surface area (Å²) in [7, 11) is 4.07. The van der Waals surface area contributed by atoms with Gasteiger partial charge in [0, 0.05) is 12.1 Å². The van der Waals surface area contributed by atoms with E-state index in [0.29, 0.717) is 5.56 Å². The van der Waals surface area contributed by atoms with Crippen molar-refractivity contribution in [3.63, 3.8) is 0 Å². The van der Waals surface area contributed by atoms with Crippen LogP contribution in [0.25, 0.3) is 0 Å². The van der Waals surface area contributed by atoms with Crippen molar-refractivity contribution in [1.29, 1.82) is 0 Å². The summed E-state index contributed by atoms with van der Waals surface area (Å²) >= 11 is 0. The molecule has 1 amide bonds. The second kappa shape index (κ2) is 7.13. The van der Waals surface area contributed by atoms with E-state index in [1.807, 2.05) is 26.1 Å². The van der Waals surface area contributed by atoms with Gasteiger partial charge in [-0.05, 0) is 63.8 Å². The molecule has 4 heteroatoms. The first-order valence-electron chi connectivity index (χ1n) is 6.27. The van der Waals surface area contributed by atoms with Crippen molar-refractivity contribution in [3.8, 4) is 0 Å². The predicted octanol–water partition coefficient (Wildman–Crippen LogP) is 1.14. The van der Waals surface area contributed by atoms with Crippen LogP contribution in [0.4, 0.5) is 0 Å². The molecule has 0 aliphatic rings. The summed E-state index contributed by atoms with van der Waals surface area (Å²) in [4.78, 5) is 13.3. The third-order valence-electron chi connectivity index (χ3n) is 3.03. The number of benzene rings is 1. The number of carbonyl (C=O) groups excluding carboxylic acids is 1. The highest BCUT2D eigenvalue weighted by Gasteiger charge is 2.06. The monoisotopic (exact) mass is 249 g/mol. The first kappa shape index (κ1) is 14.7. The van der Waals surface area contributed by atoms with Crippen molar-refractivity contribution < 1.29 is 4.79 Å². The second-order valence-corrected chi connectivity index (χ2v) is 4.70. The molecule has 0 aliphatic carbocycles. The zero-order chi connectivity index (χ0) is 13.5. The molecule has 0 fully saturated rings. The lowest BCUT2D eigenvalue weighted by Gasteiger charge is -2.18. The molecule has 0 aromatic heterocycles. The third-order valence-corrected chi connectivity index (χ3v) is 3.03. The summed E-state index contributed by atoms with van der Waals surface area (Å²) < 4.78 is 0. The Morgan fingerprint density at radius 3 is 2.72 bits per heavy atom. The first-order chi connectivity index (χ1) is 8.54. The minimum absolute atomic E-state index is 0.368. The molecule has 0 saturated heterocycles. The lowest BCUT2D eigenvalue weighted by molar-refractivity contribution is 0.1000. The Morgan fingerprint density at radius 1 is 1.44 bits per heavy atom. The lowest BCUT2D eigenvalue weighted by atomic mass is 10.0. The summed E-state index contributed by atoms with van der Waals surface area (Å²) in [5, 5.41) is 3.14. The highest BCUT2D eigenvalue weighted by Crippen LogP contribution is 2.13. The molecule has 1 aromatic carbocycles. The van der Waals surface area contributed by atoms with E-state index in [2.05, 4.69) is 17.3 Å². The molecule has 1 aromatic rings. The minimum atomic E-state index is -0.368. The standard InChI is InChI=1S/C14H23N3O/c1-11-9-12(14(15)18)5-6-13(11)10-17(3)8-4-7-16-2/h5-6,9,16H,4,7-8,10H2,1-3H3,(H2,15,18). The van der Waals surface area contributed by atoms with Crippen LogP contribution in [-0.4, -0.2) is 38.0 Å². The Labute approximate surface area is 109 Å². The van der Waals surface area contributed by atoms with E-state index in [0.717, 1.165) is 31.6 Å². The fraction of sp³-hybridized carbons (Fsp3) is 0.500. The van der Waals surface area contributed by atoms with Crippen molar-refractivity contribution in [2.24, 2.45) is 5.73 Å². The summed E-state index contributed by atoms with van der Waals surface area (Å²) in [6.45, 7) is 5.00. The maximum absolute atomic E-state index is 11.1. The largest absolute Gasteiger partial charge is 0.366 e. The fourth-order valence-corrected chi connectivity index (χ4v) is 1.92. The van der Waals surface area contributed by atoms with E-state index < -0.39 is 0 Å². The van der Waals surface area contributed by atoms with Crippen molar-refractivity contribution in [1.82, 2.24) is 10.2 Å². The van der Waals surface area contributed by atoms with E-state index in [1.54, 1.807) is 6.07 Å². The molecule has 0 unspecified atom stereocenters. The van der Waals surface area contributed by atoms with Gasteiger partial charge in [0.15, 0.2) is 0 Å². The van der Waals surface area contributed by atoms with Gasteiger partial charge in [0.05, 0.1) is 0 Å². The van der Waals surface area contributed by atoms with Crippen LogP contribution in [0, 0.1) is 6.92 Å². The molecule has 0 radical (unpaired) electrons. The molecule has 0 saturated carbocycles. The SMILES string of the molecule is CNCCCN(C)Cc1ccc(C(N)=O)cc1C. The quantitative estimate of drug-likeness (QED) is 0.712. The number of amides is 1. The number of nitrogens with one attached hydrogen (secondary N) is 1. The molecule has 0 spiro atoms. The molecular weight excluding hydrogens is 226 g/mol. The molecule has 1 rings (SSSR count). The van der Waals surface area contributed by atoms with Gasteiger partial charge in [0.2, 0.25) is 5.91 Å². The second-order valence-electron chi connectivity index (χ2n) is 4.70. The van der Waals surface area contributed by atoms with Crippen LogP contribution in [-0.2, 0) is 6.54 Å². The molecule has 0 atom stereocenters. The van der Waals surface area contributed by atoms with Crippen molar-refractivity contribution in [2.75, 3.05) is 27.2 Å². The first-order valence-corrected chi connectivity index (χ1v) is 6.27. The number of carbonyl (C=O) groups is 1. The van der Waals surface area contributed by atoms with E-state index in [1.165, 1.54) is 5.56 Å². The number of nitrogens with zero attached hydrogens (tertiary/aromatic N) is 1. The van der Waals surface area contributed by atoms with E-state index in [9.17, 15) is 4.79 Å². The molecule has 18 heavy (non-hydrogen) atoms. The molecular formula is C14H23N3O. The van der Waals surface area contributed by atoms with Gasteiger partial charge in [0.1, 0.15) is 0 Å². The fourth-order valence-electron chi connectivity index (χ4n) is 1.92. The summed E-state index contributed by atoms with van der Waals surface area (Å²) in [5.41, 5.74) is 8.20. The van der Waals surface area contributed by atoms with Crippen molar-refractivity contribution >= 4 is 5.91 Å². The van der Waals surface area contributed by atoms with Crippen LogP contribution in [0.15, 0.2) is 18.2 Å². The molecule has 0 aliphatic heterocycles. The highest BCUT2D eigenvalue weighted by molar-refractivity contribution is 5.93. The average Bonchev–Trinajstić information content (AvgIpc) is 2.32. The number of rotatable bonds is 7. The van der Waals surface area contributed by atoms with Gasteiger partial charge in [-0.2, -0.15) is 0 Å². The summed E-state index contributed by atoms with van der Waals surface area (Å²) in [5.74, 6) is -0.368. The lowest BCUT2D eigenvalue weighted by Crippen LogP contribution is -2.23.